The quantitative estimate of drug-likeness (QED) is 0.516. The second-order valence-electron chi connectivity index (χ2n) is 3.66. The molecule has 0 radical (unpaired) electrons. The van der Waals surface area contributed by atoms with Crippen molar-refractivity contribution < 1.29 is 19.8 Å². The molecule has 2 heteroatoms. The van der Waals surface area contributed by atoms with Gasteiger partial charge in [0.15, 0.2) is 0 Å². The van der Waals surface area contributed by atoms with E-state index in [1.807, 2.05) is 0 Å². The summed E-state index contributed by atoms with van der Waals surface area (Å²) in [4.78, 5) is 10.6. The van der Waals surface area contributed by atoms with Gasteiger partial charge in [0.05, 0.1) is 0 Å². The van der Waals surface area contributed by atoms with E-state index in [0.717, 1.165) is 5.18 Å². The molecule has 0 aromatic carbocycles. The Morgan fingerprint density at radius 3 is 1.77 bits per heavy atom. The van der Waals surface area contributed by atoms with Gasteiger partial charge in [-0.05, 0) is 0 Å². The molecule has 13 heavy (non-hydrogen) atoms. The van der Waals surface area contributed by atoms with Crippen molar-refractivity contribution in [3.05, 3.63) is 22.3 Å². The van der Waals surface area contributed by atoms with Crippen molar-refractivity contribution in [2.45, 2.75) is 38.9 Å². The SMILES string of the molecule is CC1=C(C)[C](C)([Fe][CH]=O)C(C)=C1C. The molecule has 1 aliphatic carbocycles. The van der Waals surface area contributed by atoms with Crippen LogP contribution in [0.5, 0.6) is 0 Å². The van der Waals surface area contributed by atoms with Crippen molar-refractivity contribution in [1.29, 1.82) is 0 Å². The molecule has 0 amide bonds. The van der Waals surface area contributed by atoms with Crippen LogP contribution in [-0.2, 0) is 19.8 Å². The van der Waals surface area contributed by atoms with Gasteiger partial charge in [0.25, 0.3) is 0 Å². The molecule has 0 aromatic heterocycles. The predicted molar refractivity (Wildman–Crippen MR) is 51.9 cm³/mol. The van der Waals surface area contributed by atoms with E-state index in [1.54, 1.807) is 0 Å². The predicted octanol–water partition coefficient (Wildman–Crippen LogP) is 3.12. The molecule has 0 aliphatic heterocycles. The standard InChI is InChI=1S/C10H15.CHO.Fe/c1-6-7(2)9(4)10(5)8(6)3;1-2;/h1-5H3;1H;. The first-order chi connectivity index (χ1) is 5.95. The minimum atomic E-state index is -0.00405. The molecule has 74 valence electrons. The van der Waals surface area contributed by atoms with E-state index in [-0.39, 0.29) is 4.31 Å². The number of hydrogen-bond donors (Lipinski definition) is 0. The third kappa shape index (κ3) is 1.43. The summed E-state index contributed by atoms with van der Waals surface area (Å²) in [6.07, 6.45) is 0. The molecule has 0 unspecified atom stereocenters. The summed E-state index contributed by atoms with van der Waals surface area (Å²) in [6.45, 7) is 10.7. The summed E-state index contributed by atoms with van der Waals surface area (Å²) >= 11 is 0.610. The summed E-state index contributed by atoms with van der Waals surface area (Å²) in [7, 11) is 0. The fraction of sp³-hybridized carbons (Fsp3) is 0.545. The molecule has 0 aromatic rings. The van der Waals surface area contributed by atoms with Crippen molar-refractivity contribution in [1.82, 2.24) is 0 Å². The van der Waals surface area contributed by atoms with Gasteiger partial charge in [0.1, 0.15) is 0 Å². The Hall–Kier alpha value is -0.331. The normalized spacial score (nSPS) is 21.6. The maximum absolute atomic E-state index is 10.6. The minimum absolute atomic E-state index is 0.00405. The summed E-state index contributed by atoms with van der Waals surface area (Å²) in [5.74, 6) is 0. The zero-order chi connectivity index (χ0) is 10.2. The van der Waals surface area contributed by atoms with E-state index in [1.165, 1.54) is 22.3 Å². The van der Waals surface area contributed by atoms with Crippen LogP contribution in [0.15, 0.2) is 22.3 Å². The average Bonchev–Trinajstić information content (AvgIpc) is 2.23. The molecule has 0 heterocycles. The van der Waals surface area contributed by atoms with E-state index in [4.69, 9.17) is 0 Å². The van der Waals surface area contributed by atoms with Gasteiger partial charge in [-0.15, -0.1) is 0 Å². The molecule has 0 fully saturated rings. The first kappa shape index (κ1) is 10.7. The van der Waals surface area contributed by atoms with Crippen LogP contribution in [0.1, 0.15) is 34.6 Å². The van der Waals surface area contributed by atoms with Gasteiger partial charge in [-0.25, -0.2) is 0 Å². The first-order valence-electron chi connectivity index (χ1n) is 4.37. The average molecular weight is 220 g/mol. The van der Waals surface area contributed by atoms with Gasteiger partial charge in [0, 0.05) is 0 Å². The van der Waals surface area contributed by atoms with Crippen molar-refractivity contribution >= 4 is 5.18 Å². The molecule has 1 rings (SSSR count). The van der Waals surface area contributed by atoms with Crippen LogP contribution in [-0.4, -0.2) is 5.18 Å². The Morgan fingerprint density at radius 1 is 1.08 bits per heavy atom. The van der Waals surface area contributed by atoms with Crippen molar-refractivity contribution in [3.63, 3.8) is 0 Å². The third-order valence-corrected chi connectivity index (χ3v) is 4.92. The Labute approximate surface area is 86.4 Å². The monoisotopic (exact) mass is 220 g/mol. The van der Waals surface area contributed by atoms with Crippen LogP contribution in [0.25, 0.3) is 0 Å². The number of carbonyl (C=O) groups is 1. The summed E-state index contributed by atoms with van der Waals surface area (Å²) in [5, 5.41) is 1.03. The third-order valence-electron chi connectivity index (χ3n) is 3.32. The van der Waals surface area contributed by atoms with Gasteiger partial charge in [-0.3, -0.25) is 0 Å². The van der Waals surface area contributed by atoms with Crippen molar-refractivity contribution in [2.75, 3.05) is 0 Å². The topological polar surface area (TPSA) is 17.1 Å². The Bertz CT molecular complexity index is 286. The molecule has 0 bridgehead atoms. The summed E-state index contributed by atoms with van der Waals surface area (Å²) in [5.41, 5.74) is 5.44. The van der Waals surface area contributed by atoms with Crippen LogP contribution >= 0.6 is 0 Å². The molecule has 0 saturated heterocycles. The Morgan fingerprint density at radius 2 is 1.46 bits per heavy atom. The molecule has 0 saturated carbocycles. The summed E-state index contributed by atoms with van der Waals surface area (Å²) < 4.78 is -0.00405. The molecular formula is C11H16FeO. The number of hydrogen-bond acceptors (Lipinski definition) is 1. The second-order valence-corrected chi connectivity index (χ2v) is 5.35. The van der Waals surface area contributed by atoms with Gasteiger partial charge >= 0.3 is 86.2 Å². The number of allylic oxidation sites excluding steroid dienone is 4. The molecule has 0 spiro atoms. The van der Waals surface area contributed by atoms with Crippen LogP contribution in [0, 0.1) is 0 Å². The fourth-order valence-corrected chi connectivity index (χ4v) is 2.93. The van der Waals surface area contributed by atoms with Crippen LogP contribution in [0.4, 0.5) is 0 Å². The maximum atomic E-state index is 10.6. The molecule has 1 aliphatic rings. The van der Waals surface area contributed by atoms with Gasteiger partial charge < -0.3 is 0 Å². The number of rotatable bonds is 2. The van der Waals surface area contributed by atoms with E-state index in [0.29, 0.717) is 15.0 Å². The fourth-order valence-electron chi connectivity index (χ4n) is 1.78. The molecular weight excluding hydrogens is 204 g/mol. The number of carbonyl (C=O) groups excluding carboxylic acids is 1. The van der Waals surface area contributed by atoms with Crippen molar-refractivity contribution in [3.8, 4) is 0 Å². The van der Waals surface area contributed by atoms with E-state index in [2.05, 4.69) is 34.6 Å². The molecule has 1 nitrogen and oxygen atoms in total. The van der Waals surface area contributed by atoms with Crippen molar-refractivity contribution in [2.24, 2.45) is 0 Å². The van der Waals surface area contributed by atoms with E-state index < -0.39 is 0 Å². The van der Waals surface area contributed by atoms with Crippen LogP contribution < -0.4 is 0 Å². The van der Waals surface area contributed by atoms with E-state index >= 15 is 0 Å². The molecule has 0 atom stereocenters. The van der Waals surface area contributed by atoms with Gasteiger partial charge in [-0.2, -0.15) is 0 Å². The molecule has 0 N–H and O–H groups in total. The zero-order valence-electron chi connectivity index (χ0n) is 8.84. The van der Waals surface area contributed by atoms with E-state index in [9.17, 15) is 4.79 Å². The van der Waals surface area contributed by atoms with Crippen LogP contribution in [0.2, 0.25) is 4.31 Å². The summed E-state index contributed by atoms with van der Waals surface area (Å²) in [6, 6.07) is 0. The van der Waals surface area contributed by atoms with Gasteiger partial charge in [-0.1, -0.05) is 0 Å². The van der Waals surface area contributed by atoms with Gasteiger partial charge in [0.2, 0.25) is 0 Å². The second kappa shape index (κ2) is 3.43. The Balaban J connectivity index is 3.22. The first-order valence-corrected chi connectivity index (χ1v) is 5.56. The van der Waals surface area contributed by atoms with Crippen LogP contribution in [0.3, 0.4) is 0 Å². The zero-order valence-corrected chi connectivity index (χ0v) is 9.94. The Kier molecular flexibility index (Phi) is 2.84.